The number of para-hydroxylation sites is 1. The number of hydrogen-bond acceptors (Lipinski definition) is 4. The minimum absolute atomic E-state index is 0.130. The van der Waals surface area contributed by atoms with Crippen molar-refractivity contribution >= 4 is 27.5 Å². The molecule has 4 rings (SSSR count). The first-order chi connectivity index (χ1) is 11.2. The van der Waals surface area contributed by atoms with E-state index in [0.717, 1.165) is 23.4 Å². The fourth-order valence-electron chi connectivity index (χ4n) is 3.05. The number of fused-ring (bicyclic) bond motifs is 1. The average Bonchev–Trinajstić information content (AvgIpc) is 3.20. The molecule has 1 atom stereocenters. The van der Waals surface area contributed by atoms with Gasteiger partial charge in [-0.3, -0.25) is 4.79 Å². The Morgan fingerprint density at radius 1 is 1.35 bits per heavy atom. The van der Waals surface area contributed by atoms with Crippen molar-refractivity contribution in [3.8, 4) is 0 Å². The molecule has 0 bridgehead atoms. The van der Waals surface area contributed by atoms with Crippen LogP contribution in [0, 0.1) is 0 Å². The second-order valence-corrected chi connectivity index (χ2v) is 6.83. The zero-order valence-corrected chi connectivity index (χ0v) is 13.2. The summed E-state index contributed by atoms with van der Waals surface area (Å²) in [5, 5.41) is 1.09. The first-order valence-electron chi connectivity index (χ1n) is 7.63. The van der Waals surface area contributed by atoms with E-state index in [-0.39, 0.29) is 17.5 Å². The van der Waals surface area contributed by atoms with E-state index in [1.165, 1.54) is 10.9 Å². The predicted molar refractivity (Wildman–Crippen MR) is 88.9 cm³/mol. The van der Waals surface area contributed by atoms with Gasteiger partial charge in [0.15, 0.2) is 0 Å². The summed E-state index contributed by atoms with van der Waals surface area (Å²) in [6.07, 6.45) is 3.42. The van der Waals surface area contributed by atoms with Crippen molar-refractivity contribution in [1.82, 2.24) is 19.9 Å². The van der Waals surface area contributed by atoms with Crippen LogP contribution in [0.5, 0.6) is 0 Å². The maximum absolute atomic E-state index is 12.5. The van der Waals surface area contributed by atoms with E-state index in [9.17, 15) is 9.59 Å². The predicted octanol–water partition coefficient (Wildman–Crippen LogP) is 2.33. The molecule has 2 N–H and O–H groups in total. The fraction of sp³-hybridized carbons (Fsp3) is 0.312. The number of amides is 1. The zero-order valence-electron chi connectivity index (χ0n) is 12.4. The van der Waals surface area contributed by atoms with Gasteiger partial charge in [-0.2, -0.15) is 0 Å². The molecule has 0 unspecified atom stereocenters. The number of carbonyl (C=O) groups is 1. The molecule has 2 aromatic heterocycles. The van der Waals surface area contributed by atoms with Crippen molar-refractivity contribution in [2.24, 2.45) is 0 Å². The summed E-state index contributed by atoms with van der Waals surface area (Å²) in [5.74, 6) is 0.130. The van der Waals surface area contributed by atoms with Gasteiger partial charge in [-0.05, 0) is 25.0 Å². The molecule has 0 radical (unpaired) electrons. The highest BCUT2D eigenvalue weighted by Gasteiger charge is 2.28. The van der Waals surface area contributed by atoms with Gasteiger partial charge in [0.1, 0.15) is 5.69 Å². The SMILES string of the molecule is O=C(c1c[nH]c(=O)[nH]1)N1CCC[C@@H](c2nc3ccccc3s2)C1. The molecule has 0 saturated carbocycles. The van der Waals surface area contributed by atoms with E-state index in [1.54, 1.807) is 16.2 Å². The van der Waals surface area contributed by atoms with Gasteiger partial charge in [0.05, 0.1) is 15.2 Å². The number of benzene rings is 1. The minimum Gasteiger partial charge on any atom is -0.337 e. The maximum Gasteiger partial charge on any atom is 0.323 e. The van der Waals surface area contributed by atoms with Gasteiger partial charge < -0.3 is 14.9 Å². The van der Waals surface area contributed by atoms with Gasteiger partial charge in [0.2, 0.25) is 0 Å². The topological polar surface area (TPSA) is 81.8 Å². The monoisotopic (exact) mass is 328 g/mol. The number of imidazole rings is 1. The molecule has 0 spiro atoms. The van der Waals surface area contributed by atoms with Crippen molar-refractivity contribution < 1.29 is 4.79 Å². The number of likely N-dealkylation sites (tertiary alicyclic amines) is 1. The van der Waals surface area contributed by atoms with Crippen molar-refractivity contribution in [3.05, 3.63) is 51.6 Å². The van der Waals surface area contributed by atoms with Gasteiger partial charge in [-0.25, -0.2) is 9.78 Å². The fourth-order valence-corrected chi connectivity index (χ4v) is 4.14. The second-order valence-electron chi connectivity index (χ2n) is 5.77. The summed E-state index contributed by atoms with van der Waals surface area (Å²) in [7, 11) is 0. The Bertz CT molecular complexity index is 877. The molecule has 23 heavy (non-hydrogen) atoms. The number of nitrogens with one attached hydrogen (secondary N) is 2. The lowest BCUT2D eigenvalue weighted by Crippen LogP contribution is -2.39. The van der Waals surface area contributed by atoms with Crippen LogP contribution in [-0.4, -0.2) is 38.8 Å². The van der Waals surface area contributed by atoms with E-state index < -0.39 is 0 Å². The van der Waals surface area contributed by atoms with Crippen molar-refractivity contribution in [2.45, 2.75) is 18.8 Å². The molecule has 3 aromatic rings. The van der Waals surface area contributed by atoms with E-state index in [4.69, 9.17) is 4.98 Å². The second kappa shape index (κ2) is 5.66. The van der Waals surface area contributed by atoms with Crippen LogP contribution >= 0.6 is 11.3 Å². The number of aromatic nitrogens is 3. The first kappa shape index (κ1) is 14.2. The molecular weight excluding hydrogens is 312 g/mol. The van der Waals surface area contributed by atoms with Crippen LogP contribution in [0.15, 0.2) is 35.3 Å². The molecule has 1 aliphatic rings. The number of hydrogen-bond donors (Lipinski definition) is 2. The maximum atomic E-state index is 12.5. The highest BCUT2D eigenvalue weighted by molar-refractivity contribution is 7.18. The van der Waals surface area contributed by atoms with Crippen molar-refractivity contribution in [2.75, 3.05) is 13.1 Å². The van der Waals surface area contributed by atoms with Gasteiger partial charge in [0, 0.05) is 25.2 Å². The molecule has 1 aromatic carbocycles. The Hall–Kier alpha value is -2.41. The highest BCUT2D eigenvalue weighted by Crippen LogP contribution is 2.33. The average molecular weight is 328 g/mol. The third-order valence-electron chi connectivity index (χ3n) is 4.19. The van der Waals surface area contributed by atoms with Crippen LogP contribution in [0.25, 0.3) is 10.2 Å². The number of piperidine rings is 1. The Morgan fingerprint density at radius 3 is 3.00 bits per heavy atom. The molecule has 118 valence electrons. The van der Waals surface area contributed by atoms with Crippen molar-refractivity contribution in [1.29, 1.82) is 0 Å². The molecule has 1 fully saturated rings. The number of H-pyrrole nitrogens is 2. The normalized spacial score (nSPS) is 18.4. The first-order valence-corrected chi connectivity index (χ1v) is 8.45. The summed E-state index contributed by atoms with van der Waals surface area (Å²) in [6, 6.07) is 8.10. The Labute approximate surface area is 136 Å². The summed E-state index contributed by atoms with van der Waals surface area (Å²) < 4.78 is 1.18. The molecular formula is C16H16N4O2S. The van der Waals surface area contributed by atoms with Crippen LogP contribution in [0.2, 0.25) is 0 Å². The third-order valence-corrected chi connectivity index (χ3v) is 5.39. The van der Waals surface area contributed by atoms with Crippen LogP contribution in [-0.2, 0) is 0 Å². The molecule has 1 aliphatic heterocycles. The molecule has 1 amide bonds. The lowest BCUT2D eigenvalue weighted by Gasteiger charge is -2.31. The van der Waals surface area contributed by atoms with E-state index >= 15 is 0 Å². The van der Waals surface area contributed by atoms with Gasteiger partial charge in [-0.1, -0.05) is 12.1 Å². The molecule has 1 saturated heterocycles. The molecule has 3 heterocycles. The quantitative estimate of drug-likeness (QED) is 0.757. The van der Waals surface area contributed by atoms with E-state index in [2.05, 4.69) is 16.0 Å². The zero-order chi connectivity index (χ0) is 15.8. The lowest BCUT2D eigenvalue weighted by molar-refractivity contribution is 0.0701. The van der Waals surface area contributed by atoms with Crippen LogP contribution in [0.4, 0.5) is 0 Å². The van der Waals surface area contributed by atoms with Gasteiger partial charge in [0.25, 0.3) is 5.91 Å². The minimum atomic E-state index is -0.354. The van der Waals surface area contributed by atoms with Crippen molar-refractivity contribution in [3.63, 3.8) is 0 Å². The highest BCUT2D eigenvalue weighted by atomic mass is 32.1. The number of rotatable bonds is 2. The van der Waals surface area contributed by atoms with Crippen LogP contribution in [0.1, 0.15) is 34.3 Å². The Kier molecular flexibility index (Phi) is 3.49. The number of aromatic amines is 2. The largest absolute Gasteiger partial charge is 0.337 e. The smallest absolute Gasteiger partial charge is 0.323 e. The van der Waals surface area contributed by atoms with E-state index in [0.29, 0.717) is 18.8 Å². The summed E-state index contributed by atoms with van der Waals surface area (Å²) in [6.45, 7) is 1.36. The van der Waals surface area contributed by atoms with Crippen LogP contribution in [0.3, 0.4) is 0 Å². The lowest BCUT2D eigenvalue weighted by atomic mass is 9.98. The van der Waals surface area contributed by atoms with Gasteiger partial charge >= 0.3 is 5.69 Å². The standard InChI is InChI=1S/C16H16N4O2S/c21-15(12-8-17-16(22)19-12)20-7-3-4-10(9-20)14-18-11-5-1-2-6-13(11)23-14/h1-2,5-6,8,10H,3-4,7,9H2,(H2,17,19,22)/t10-/m1/s1. The number of thiazole rings is 1. The Morgan fingerprint density at radius 2 is 2.22 bits per heavy atom. The molecule has 7 heteroatoms. The number of carbonyl (C=O) groups excluding carboxylic acids is 1. The number of nitrogens with zero attached hydrogens (tertiary/aromatic N) is 2. The summed E-state index contributed by atoms with van der Waals surface area (Å²) in [5.41, 5.74) is 0.985. The van der Waals surface area contributed by atoms with Crippen LogP contribution < -0.4 is 5.69 Å². The third kappa shape index (κ3) is 2.68. The molecule has 0 aliphatic carbocycles. The summed E-state index contributed by atoms with van der Waals surface area (Å²) in [4.78, 5) is 35.2. The van der Waals surface area contributed by atoms with Gasteiger partial charge in [-0.15, -0.1) is 11.3 Å². The molecule has 6 nitrogen and oxygen atoms in total. The Balaban J connectivity index is 1.56. The summed E-state index contributed by atoms with van der Waals surface area (Å²) >= 11 is 1.70. The van der Waals surface area contributed by atoms with E-state index in [1.807, 2.05) is 18.2 Å².